The summed E-state index contributed by atoms with van der Waals surface area (Å²) >= 11 is 2.93. The SMILES string of the molecule is O=C(CSc1nnc(NC2CC2)s1)Nc1ccnn1C1CCCC1. The minimum Gasteiger partial charge on any atom is -0.357 e. The Labute approximate surface area is 148 Å². The molecule has 2 aliphatic rings. The third-order valence-corrected chi connectivity index (χ3v) is 6.23. The topological polar surface area (TPSA) is 84.7 Å². The lowest BCUT2D eigenvalue weighted by Crippen LogP contribution is -2.19. The van der Waals surface area contributed by atoms with Crippen LogP contribution in [0.1, 0.15) is 44.6 Å². The number of thioether (sulfide) groups is 1. The van der Waals surface area contributed by atoms with Gasteiger partial charge < -0.3 is 10.6 Å². The van der Waals surface area contributed by atoms with E-state index in [1.807, 2.05) is 10.7 Å². The molecule has 7 nitrogen and oxygen atoms in total. The molecule has 2 aliphatic carbocycles. The molecule has 9 heteroatoms. The van der Waals surface area contributed by atoms with Gasteiger partial charge in [0, 0.05) is 12.1 Å². The van der Waals surface area contributed by atoms with Gasteiger partial charge in [-0.2, -0.15) is 5.10 Å². The molecule has 2 aromatic heterocycles. The number of nitrogens with one attached hydrogen (secondary N) is 2. The summed E-state index contributed by atoms with van der Waals surface area (Å²) in [5.41, 5.74) is 0. The molecule has 0 atom stereocenters. The van der Waals surface area contributed by atoms with Crippen LogP contribution in [0.5, 0.6) is 0 Å². The summed E-state index contributed by atoms with van der Waals surface area (Å²) in [5, 5.41) is 19.7. The predicted octanol–water partition coefficient (Wildman–Crippen LogP) is 3.15. The molecule has 24 heavy (non-hydrogen) atoms. The average Bonchev–Trinajstić information content (AvgIpc) is 3.01. The van der Waals surface area contributed by atoms with Gasteiger partial charge >= 0.3 is 0 Å². The van der Waals surface area contributed by atoms with E-state index in [1.54, 1.807) is 6.20 Å². The standard InChI is InChI=1S/C15H20N6OS2/c22-13(9-23-15-20-19-14(24-15)17-10-5-6-10)18-12-7-8-16-21(12)11-3-1-2-4-11/h7-8,10-11H,1-6,9H2,(H,17,19)(H,18,22). The Kier molecular flexibility index (Phi) is 4.70. The van der Waals surface area contributed by atoms with E-state index in [0.717, 1.165) is 28.1 Å². The maximum Gasteiger partial charge on any atom is 0.235 e. The smallest absolute Gasteiger partial charge is 0.235 e. The summed E-state index contributed by atoms with van der Waals surface area (Å²) in [6, 6.07) is 2.85. The van der Waals surface area contributed by atoms with Crippen molar-refractivity contribution in [3.63, 3.8) is 0 Å². The van der Waals surface area contributed by atoms with Gasteiger partial charge in [0.15, 0.2) is 4.34 Å². The van der Waals surface area contributed by atoms with Crippen molar-refractivity contribution >= 4 is 40.0 Å². The van der Waals surface area contributed by atoms with Crippen LogP contribution in [0.25, 0.3) is 0 Å². The van der Waals surface area contributed by atoms with Crippen LogP contribution in [0.2, 0.25) is 0 Å². The van der Waals surface area contributed by atoms with E-state index in [9.17, 15) is 4.79 Å². The highest BCUT2D eigenvalue weighted by Crippen LogP contribution is 2.32. The van der Waals surface area contributed by atoms with Gasteiger partial charge in [-0.1, -0.05) is 35.9 Å². The van der Waals surface area contributed by atoms with Crippen molar-refractivity contribution in [2.24, 2.45) is 0 Å². The van der Waals surface area contributed by atoms with E-state index in [1.165, 1.54) is 48.8 Å². The third kappa shape index (κ3) is 3.89. The summed E-state index contributed by atoms with van der Waals surface area (Å²) < 4.78 is 2.77. The molecule has 2 fully saturated rings. The van der Waals surface area contributed by atoms with Crippen LogP contribution in [-0.2, 0) is 4.79 Å². The van der Waals surface area contributed by atoms with E-state index in [0.29, 0.717) is 17.8 Å². The summed E-state index contributed by atoms with van der Waals surface area (Å²) in [5.74, 6) is 1.08. The quantitative estimate of drug-likeness (QED) is 0.734. The predicted molar refractivity (Wildman–Crippen MR) is 95.6 cm³/mol. The molecule has 1 amide bonds. The largest absolute Gasteiger partial charge is 0.357 e. The molecule has 128 valence electrons. The Balaban J connectivity index is 1.29. The first-order chi connectivity index (χ1) is 11.8. The maximum atomic E-state index is 12.2. The summed E-state index contributed by atoms with van der Waals surface area (Å²) in [6.45, 7) is 0. The molecule has 2 heterocycles. The Bertz CT molecular complexity index is 704. The van der Waals surface area contributed by atoms with Crippen molar-refractivity contribution in [2.75, 3.05) is 16.4 Å². The van der Waals surface area contributed by atoms with Gasteiger partial charge in [0.25, 0.3) is 0 Å². The van der Waals surface area contributed by atoms with Crippen LogP contribution in [0.15, 0.2) is 16.6 Å². The highest BCUT2D eigenvalue weighted by atomic mass is 32.2. The van der Waals surface area contributed by atoms with Crippen LogP contribution in [0, 0.1) is 0 Å². The molecule has 2 saturated carbocycles. The normalized spacial score (nSPS) is 18.0. The van der Waals surface area contributed by atoms with E-state index in [-0.39, 0.29) is 5.91 Å². The number of carbonyl (C=O) groups is 1. The lowest BCUT2D eigenvalue weighted by molar-refractivity contribution is -0.113. The zero-order chi connectivity index (χ0) is 16.4. The van der Waals surface area contributed by atoms with Gasteiger partial charge in [-0.3, -0.25) is 4.79 Å². The van der Waals surface area contributed by atoms with E-state index in [2.05, 4.69) is 25.9 Å². The molecule has 2 aromatic rings. The number of hydrogen-bond acceptors (Lipinski definition) is 7. The molecule has 0 radical (unpaired) electrons. The summed E-state index contributed by atoms with van der Waals surface area (Å²) in [6.07, 6.45) is 8.92. The Hall–Kier alpha value is -1.61. The van der Waals surface area contributed by atoms with Gasteiger partial charge in [0.2, 0.25) is 11.0 Å². The van der Waals surface area contributed by atoms with E-state index >= 15 is 0 Å². The van der Waals surface area contributed by atoms with Gasteiger partial charge in [-0.05, 0) is 25.7 Å². The van der Waals surface area contributed by atoms with Gasteiger partial charge in [-0.15, -0.1) is 10.2 Å². The lowest BCUT2D eigenvalue weighted by atomic mass is 10.2. The second kappa shape index (κ2) is 7.10. The van der Waals surface area contributed by atoms with Crippen LogP contribution < -0.4 is 10.6 Å². The van der Waals surface area contributed by atoms with Crippen LogP contribution in [0.3, 0.4) is 0 Å². The fourth-order valence-corrected chi connectivity index (χ4v) is 4.52. The first-order valence-corrected chi connectivity index (χ1v) is 10.1. The second-order valence-electron chi connectivity index (χ2n) is 6.23. The molecule has 0 bridgehead atoms. The van der Waals surface area contributed by atoms with Crippen molar-refractivity contribution in [1.29, 1.82) is 0 Å². The van der Waals surface area contributed by atoms with Gasteiger partial charge in [0.05, 0.1) is 18.0 Å². The molecule has 0 aliphatic heterocycles. The van der Waals surface area contributed by atoms with Crippen molar-refractivity contribution in [2.45, 2.75) is 54.9 Å². The molecule has 0 saturated heterocycles. The van der Waals surface area contributed by atoms with E-state index < -0.39 is 0 Å². The molecule has 0 spiro atoms. The molecular formula is C15H20N6OS2. The van der Waals surface area contributed by atoms with Crippen molar-refractivity contribution in [3.8, 4) is 0 Å². The highest BCUT2D eigenvalue weighted by molar-refractivity contribution is 8.01. The monoisotopic (exact) mass is 364 g/mol. The van der Waals surface area contributed by atoms with Crippen LogP contribution in [-0.4, -0.2) is 37.7 Å². The van der Waals surface area contributed by atoms with E-state index in [4.69, 9.17) is 0 Å². The van der Waals surface area contributed by atoms with Gasteiger partial charge in [-0.25, -0.2) is 4.68 Å². The van der Waals surface area contributed by atoms with Gasteiger partial charge in [0.1, 0.15) is 5.82 Å². The average molecular weight is 365 g/mol. The number of aromatic nitrogens is 4. The zero-order valence-electron chi connectivity index (χ0n) is 13.3. The van der Waals surface area contributed by atoms with Crippen LogP contribution >= 0.6 is 23.1 Å². The highest BCUT2D eigenvalue weighted by Gasteiger charge is 2.23. The number of hydrogen-bond donors (Lipinski definition) is 2. The van der Waals surface area contributed by atoms with Crippen molar-refractivity contribution in [3.05, 3.63) is 12.3 Å². The number of amides is 1. The first kappa shape index (κ1) is 15.9. The molecule has 0 aromatic carbocycles. The zero-order valence-corrected chi connectivity index (χ0v) is 14.9. The number of nitrogens with zero attached hydrogens (tertiary/aromatic N) is 4. The Morgan fingerprint density at radius 3 is 2.92 bits per heavy atom. The number of anilines is 2. The molecule has 0 unspecified atom stereocenters. The number of rotatable bonds is 7. The minimum atomic E-state index is -0.0355. The molecule has 2 N–H and O–H groups in total. The second-order valence-corrected chi connectivity index (χ2v) is 8.43. The van der Waals surface area contributed by atoms with Crippen molar-refractivity contribution in [1.82, 2.24) is 20.0 Å². The van der Waals surface area contributed by atoms with Crippen molar-refractivity contribution < 1.29 is 4.79 Å². The maximum absolute atomic E-state index is 12.2. The van der Waals surface area contributed by atoms with Crippen LogP contribution in [0.4, 0.5) is 10.9 Å². The molecular weight excluding hydrogens is 344 g/mol. The Morgan fingerprint density at radius 2 is 2.12 bits per heavy atom. The lowest BCUT2D eigenvalue weighted by Gasteiger charge is -2.14. The fraction of sp³-hybridized carbons (Fsp3) is 0.600. The first-order valence-electron chi connectivity index (χ1n) is 8.34. The summed E-state index contributed by atoms with van der Waals surface area (Å²) in [4.78, 5) is 12.2. The molecule has 4 rings (SSSR count). The Morgan fingerprint density at radius 1 is 1.29 bits per heavy atom. The third-order valence-electron chi connectivity index (χ3n) is 4.25. The summed E-state index contributed by atoms with van der Waals surface area (Å²) in [7, 11) is 0. The fourth-order valence-electron chi connectivity index (χ4n) is 2.89. The number of carbonyl (C=O) groups excluding carboxylic acids is 1. The minimum absolute atomic E-state index is 0.0355.